The van der Waals surface area contributed by atoms with E-state index in [1.165, 1.54) is 5.56 Å². The summed E-state index contributed by atoms with van der Waals surface area (Å²) in [5.41, 5.74) is 0.851. The number of nitrogens with one attached hydrogen (secondary N) is 1. The van der Waals surface area contributed by atoms with E-state index in [1.807, 2.05) is 31.7 Å². The fourth-order valence-corrected chi connectivity index (χ4v) is 2.59. The summed E-state index contributed by atoms with van der Waals surface area (Å²) in [5, 5.41) is 3.52. The Labute approximate surface area is 127 Å². The number of amides is 1. The third-order valence-electron chi connectivity index (χ3n) is 3.79. The Balaban J connectivity index is 1.99. The van der Waals surface area contributed by atoms with E-state index in [0.717, 1.165) is 6.54 Å². The van der Waals surface area contributed by atoms with E-state index < -0.39 is 5.60 Å². The number of benzene rings is 1. The zero-order valence-electron chi connectivity index (χ0n) is 13.4. The van der Waals surface area contributed by atoms with E-state index in [9.17, 15) is 4.79 Å². The van der Waals surface area contributed by atoms with Crippen LogP contribution >= 0.6 is 0 Å². The lowest BCUT2D eigenvalue weighted by molar-refractivity contribution is 0.0188. The largest absolute Gasteiger partial charge is 0.444 e. The van der Waals surface area contributed by atoms with Gasteiger partial charge in [-0.25, -0.2) is 4.79 Å². The topological polar surface area (TPSA) is 41.6 Å². The molecule has 2 rings (SSSR count). The second-order valence-electron chi connectivity index (χ2n) is 6.69. The molecule has 1 aliphatic rings. The number of ether oxygens (including phenoxy) is 1. The molecule has 0 saturated carbocycles. The Hall–Kier alpha value is -1.55. The number of carbonyl (C=O) groups excluding carboxylic acids is 1. The first-order valence-corrected chi connectivity index (χ1v) is 7.63. The van der Waals surface area contributed by atoms with Gasteiger partial charge in [-0.05, 0) is 32.3 Å². The van der Waals surface area contributed by atoms with Crippen molar-refractivity contribution in [3.05, 3.63) is 35.9 Å². The molecule has 0 bridgehead atoms. The van der Waals surface area contributed by atoms with Crippen LogP contribution in [0.5, 0.6) is 0 Å². The van der Waals surface area contributed by atoms with Crippen molar-refractivity contribution in [1.29, 1.82) is 0 Å². The zero-order valence-corrected chi connectivity index (χ0v) is 13.4. The molecule has 1 amide bonds. The zero-order chi connectivity index (χ0) is 15.5. The maximum absolute atomic E-state index is 12.2. The van der Waals surface area contributed by atoms with Gasteiger partial charge in [-0.3, -0.25) is 0 Å². The van der Waals surface area contributed by atoms with E-state index in [0.29, 0.717) is 19.0 Å². The summed E-state index contributed by atoms with van der Waals surface area (Å²) in [6.07, 6.45) is -0.214. The quantitative estimate of drug-likeness (QED) is 0.910. The van der Waals surface area contributed by atoms with Gasteiger partial charge in [-0.15, -0.1) is 0 Å². The Kier molecular flexibility index (Phi) is 4.88. The molecule has 4 heteroatoms. The van der Waals surface area contributed by atoms with Crippen LogP contribution in [0.3, 0.4) is 0 Å². The molecule has 116 valence electrons. The molecule has 0 radical (unpaired) electrons. The normalized spacial score (nSPS) is 21.0. The van der Waals surface area contributed by atoms with Gasteiger partial charge >= 0.3 is 6.09 Å². The van der Waals surface area contributed by atoms with Crippen LogP contribution in [0.25, 0.3) is 0 Å². The fraction of sp³-hybridized carbons (Fsp3) is 0.588. The molecule has 0 aromatic heterocycles. The summed E-state index contributed by atoms with van der Waals surface area (Å²) in [4.78, 5) is 14.0. The number of rotatable bonds is 2. The van der Waals surface area contributed by atoms with Gasteiger partial charge < -0.3 is 15.0 Å². The molecule has 1 saturated heterocycles. The Morgan fingerprint density at radius 2 is 2.00 bits per heavy atom. The SMILES string of the molecule is CC(c1ccccc1)C1CN(C(=O)OC(C)(C)C)CCN1. The standard InChI is InChI=1S/C17H26N2O2/c1-13(14-8-6-5-7-9-14)15-12-19(11-10-18-15)16(20)21-17(2,3)4/h5-9,13,15,18H,10-12H2,1-4H3. The Morgan fingerprint density at radius 3 is 2.62 bits per heavy atom. The third kappa shape index (κ3) is 4.46. The first-order chi connectivity index (χ1) is 9.87. The average molecular weight is 290 g/mol. The van der Waals surface area contributed by atoms with Crippen LogP contribution in [-0.2, 0) is 4.74 Å². The van der Waals surface area contributed by atoms with Gasteiger partial charge in [0.05, 0.1) is 0 Å². The fourth-order valence-electron chi connectivity index (χ4n) is 2.59. The summed E-state index contributed by atoms with van der Waals surface area (Å²) < 4.78 is 5.47. The van der Waals surface area contributed by atoms with Gasteiger partial charge in [0.2, 0.25) is 0 Å². The first kappa shape index (κ1) is 15.8. The van der Waals surface area contributed by atoms with Gasteiger partial charge in [0.15, 0.2) is 0 Å². The minimum atomic E-state index is -0.442. The molecular formula is C17H26N2O2. The molecular weight excluding hydrogens is 264 g/mol. The van der Waals surface area contributed by atoms with E-state index in [1.54, 1.807) is 0 Å². The van der Waals surface area contributed by atoms with E-state index >= 15 is 0 Å². The van der Waals surface area contributed by atoms with Crippen LogP contribution < -0.4 is 5.32 Å². The monoisotopic (exact) mass is 290 g/mol. The maximum atomic E-state index is 12.2. The predicted octanol–water partition coefficient (Wildman–Crippen LogP) is 3.00. The van der Waals surface area contributed by atoms with Crippen molar-refractivity contribution < 1.29 is 9.53 Å². The number of nitrogens with zero attached hydrogens (tertiary/aromatic N) is 1. The molecule has 2 unspecified atom stereocenters. The molecule has 1 aliphatic heterocycles. The van der Waals surface area contributed by atoms with Crippen molar-refractivity contribution in [1.82, 2.24) is 10.2 Å². The molecule has 1 aromatic rings. The first-order valence-electron chi connectivity index (χ1n) is 7.63. The van der Waals surface area contributed by atoms with Gasteiger partial charge in [0.1, 0.15) is 5.60 Å². The summed E-state index contributed by atoms with van der Waals surface area (Å²) in [7, 11) is 0. The molecule has 2 atom stereocenters. The highest BCUT2D eigenvalue weighted by atomic mass is 16.6. The molecule has 1 heterocycles. The predicted molar refractivity (Wildman–Crippen MR) is 84.5 cm³/mol. The second kappa shape index (κ2) is 6.48. The lowest BCUT2D eigenvalue weighted by Crippen LogP contribution is -2.55. The number of hydrogen-bond donors (Lipinski definition) is 1. The highest BCUT2D eigenvalue weighted by molar-refractivity contribution is 5.68. The Morgan fingerprint density at radius 1 is 1.33 bits per heavy atom. The summed E-state index contributed by atoms with van der Waals surface area (Å²) in [6.45, 7) is 10.1. The lowest BCUT2D eigenvalue weighted by Gasteiger charge is -2.37. The number of carbonyl (C=O) groups is 1. The van der Waals surface area contributed by atoms with Crippen molar-refractivity contribution in [2.24, 2.45) is 0 Å². The van der Waals surface area contributed by atoms with Crippen molar-refractivity contribution in [3.8, 4) is 0 Å². The van der Waals surface area contributed by atoms with Crippen LogP contribution in [0.2, 0.25) is 0 Å². The molecule has 1 aromatic carbocycles. The minimum absolute atomic E-state index is 0.214. The van der Waals surface area contributed by atoms with Crippen LogP contribution in [0.1, 0.15) is 39.2 Å². The van der Waals surface area contributed by atoms with Crippen molar-refractivity contribution in [2.45, 2.75) is 45.3 Å². The smallest absolute Gasteiger partial charge is 0.410 e. The second-order valence-corrected chi connectivity index (χ2v) is 6.69. The van der Waals surface area contributed by atoms with Crippen LogP contribution in [-0.4, -0.2) is 42.3 Å². The number of hydrogen-bond acceptors (Lipinski definition) is 3. The van der Waals surface area contributed by atoms with Gasteiger partial charge in [0.25, 0.3) is 0 Å². The molecule has 1 N–H and O–H groups in total. The van der Waals surface area contributed by atoms with Gasteiger partial charge in [-0.2, -0.15) is 0 Å². The van der Waals surface area contributed by atoms with Crippen molar-refractivity contribution in [3.63, 3.8) is 0 Å². The highest BCUT2D eigenvalue weighted by Crippen LogP contribution is 2.22. The number of piperazine rings is 1. The Bertz CT molecular complexity index is 467. The maximum Gasteiger partial charge on any atom is 0.410 e. The van der Waals surface area contributed by atoms with E-state index in [-0.39, 0.29) is 12.1 Å². The molecule has 4 nitrogen and oxygen atoms in total. The third-order valence-corrected chi connectivity index (χ3v) is 3.79. The summed E-state index contributed by atoms with van der Waals surface area (Å²) in [6, 6.07) is 10.7. The molecule has 21 heavy (non-hydrogen) atoms. The van der Waals surface area contributed by atoms with E-state index in [2.05, 4.69) is 36.5 Å². The van der Waals surface area contributed by atoms with Gasteiger partial charge in [0, 0.05) is 25.7 Å². The molecule has 0 aliphatic carbocycles. The minimum Gasteiger partial charge on any atom is -0.444 e. The molecule has 0 spiro atoms. The lowest BCUT2D eigenvalue weighted by atomic mass is 9.92. The molecule has 1 fully saturated rings. The van der Waals surface area contributed by atoms with Crippen molar-refractivity contribution in [2.75, 3.05) is 19.6 Å². The van der Waals surface area contributed by atoms with Gasteiger partial charge in [-0.1, -0.05) is 37.3 Å². The van der Waals surface area contributed by atoms with E-state index in [4.69, 9.17) is 4.74 Å². The van der Waals surface area contributed by atoms with Crippen LogP contribution in [0.4, 0.5) is 4.79 Å². The highest BCUT2D eigenvalue weighted by Gasteiger charge is 2.30. The summed E-state index contributed by atoms with van der Waals surface area (Å²) >= 11 is 0. The average Bonchev–Trinajstić information content (AvgIpc) is 2.46. The van der Waals surface area contributed by atoms with Crippen LogP contribution in [0, 0.1) is 0 Å². The van der Waals surface area contributed by atoms with Crippen molar-refractivity contribution >= 4 is 6.09 Å². The van der Waals surface area contributed by atoms with Crippen LogP contribution in [0.15, 0.2) is 30.3 Å². The summed E-state index contributed by atoms with van der Waals surface area (Å²) in [5.74, 6) is 0.358.